The second-order valence-electron chi connectivity index (χ2n) is 7.64. The number of hydrogen-bond acceptors (Lipinski definition) is 3. The van der Waals surface area contributed by atoms with Crippen molar-refractivity contribution in [2.24, 2.45) is 0 Å². The van der Waals surface area contributed by atoms with Crippen molar-refractivity contribution in [3.8, 4) is 16.9 Å². The number of carbonyl (C=O) groups excluding carboxylic acids is 2. The molecule has 0 atom stereocenters. The molecule has 3 heterocycles. The monoisotopic (exact) mass is 403 g/mol. The minimum atomic E-state index is -0.281. The Morgan fingerprint density at radius 2 is 1.45 bits per heavy atom. The Balaban J connectivity index is 1.81. The van der Waals surface area contributed by atoms with Crippen molar-refractivity contribution >= 4 is 33.6 Å². The number of para-hydroxylation sites is 2. The van der Waals surface area contributed by atoms with E-state index < -0.39 is 0 Å². The summed E-state index contributed by atoms with van der Waals surface area (Å²) in [4.78, 5) is 31.4. The molecule has 6 rings (SSSR count). The normalized spacial score (nSPS) is 13.4. The van der Waals surface area contributed by atoms with Crippen LogP contribution in [0.25, 0.3) is 38.8 Å². The maximum Gasteiger partial charge on any atom is 0.263 e. The van der Waals surface area contributed by atoms with Gasteiger partial charge in [-0.25, -0.2) is 0 Å². The van der Waals surface area contributed by atoms with Gasteiger partial charge < -0.3 is 4.57 Å². The lowest BCUT2D eigenvalue weighted by molar-refractivity contribution is 0.0693. The number of pyridine rings is 1. The quantitative estimate of drug-likeness (QED) is 0.387. The average Bonchev–Trinajstić information content (AvgIpc) is 3.27. The van der Waals surface area contributed by atoms with Gasteiger partial charge in [0.15, 0.2) is 0 Å². The predicted molar refractivity (Wildman–Crippen MR) is 120 cm³/mol. The molecule has 5 nitrogen and oxygen atoms in total. The summed E-state index contributed by atoms with van der Waals surface area (Å²) in [5.41, 5.74) is 5.34. The van der Waals surface area contributed by atoms with E-state index in [0.717, 1.165) is 33.1 Å². The highest BCUT2D eigenvalue weighted by Crippen LogP contribution is 2.39. The van der Waals surface area contributed by atoms with Gasteiger partial charge in [-0.05, 0) is 30.3 Å². The molecule has 2 aromatic heterocycles. The third-order valence-corrected chi connectivity index (χ3v) is 5.97. The van der Waals surface area contributed by atoms with E-state index in [1.165, 1.54) is 11.9 Å². The molecule has 1 aliphatic heterocycles. The second-order valence-corrected chi connectivity index (χ2v) is 7.64. The zero-order valence-corrected chi connectivity index (χ0v) is 16.7. The van der Waals surface area contributed by atoms with Crippen molar-refractivity contribution < 1.29 is 9.59 Å². The zero-order valence-electron chi connectivity index (χ0n) is 16.7. The van der Waals surface area contributed by atoms with Gasteiger partial charge in [0.1, 0.15) is 0 Å². The Kier molecular flexibility index (Phi) is 3.62. The summed E-state index contributed by atoms with van der Waals surface area (Å²) in [5, 5.41) is 2.15. The van der Waals surface area contributed by atoms with Crippen molar-refractivity contribution in [3.05, 3.63) is 96.2 Å². The van der Waals surface area contributed by atoms with Crippen molar-refractivity contribution in [2.75, 3.05) is 7.05 Å². The minimum absolute atomic E-state index is 0.271. The van der Waals surface area contributed by atoms with Crippen LogP contribution in [0.3, 0.4) is 0 Å². The third kappa shape index (κ3) is 2.34. The van der Waals surface area contributed by atoms with Crippen LogP contribution in [0.1, 0.15) is 20.7 Å². The van der Waals surface area contributed by atoms with Gasteiger partial charge in [0.25, 0.3) is 11.8 Å². The fraction of sp³-hybridized carbons (Fsp3) is 0.0385. The van der Waals surface area contributed by atoms with Gasteiger partial charge in [0.05, 0.1) is 33.5 Å². The minimum Gasteiger partial charge on any atom is -0.308 e. The molecule has 3 aromatic carbocycles. The van der Waals surface area contributed by atoms with Crippen LogP contribution in [0, 0.1) is 0 Å². The third-order valence-electron chi connectivity index (χ3n) is 5.97. The molecular formula is C26H17N3O2. The zero-order chi connectivity index (χ0) is 21.1. The molecule has 0 spiro atoms. The molecule has 5 heteroatoms. The van der Waals surface area contributed by atoms with Crippen LogP contribution < -0.4 is 0 Å². The summed E-state index contributed by atoms with van der Waals surface area (Å²) in [6.45, 7) is 0. The lowest BCUT2D eigenvalue weighted by Gasteiger charge is -2.14. The van der Waals surface area contributed by atoms with E-state index in [4.69, 9.17) is 0 Å². The largest absolute Gasteiger partial charge is 0.308 e. The van der Waals surface area contributed by atoms with Gasteiger partial charge in [0.2, 0.25) is 0 Å². The first-order valence-electron chi connectivity index (χ1n) is 10.1. The number of aromatic nitrogens is 2. The molecule has 0 saturated heterocycles. The molecular weight excluding hydrogens is 386 g/mol. The lowest BCUT2D eigenvalue weighted by Crippen LogP contribution is -2.24. The van der Waals surface area contributed by atoms with Crippen LogP contribution in [0.5, 0.6) is 0 Å². The van der Waals surface area contributed by atoms with E-state index in [0.29, 0.717) is 16.8 Å². The van der Waals surface area contributed by atoms with Gasteiger partial charge in [-0.3, -0.25) is 19.5 Å². The predicted octanol–water partition coefficient (Wildman–Crippen LogP) is 5.07. The summed E-state index contributed by atoms with van der Waals surface area (Å²) >= 11 is 0. The summed E-state index contributed by atoms with van der Waals surface area (Å²) in [7, 11) is 1.53. The SMILES string of the molecule is CN1C(=O)c2cccc(-n3c4ccccc4c4cccc(-c5ccccn5)c43)c2C1=O. The Bertz CT molecular complexity index is 1530. The first-order valence-corrected chi connectivity index (χ1v) is 10.1. The number of hydrogen-bond donors (Lipinski definition) is 0. The Hall–Kier alpha value is -4.25. The topological polar surface area (TPSA) is 55.2 Å². The molecule has 2 amide bonds. The van der Waals surface area contributed by atoms with E-state index in [-0.39, 0.29) is 11.8 Å². The summed E-state index contributed by atoms with van der Waals surface area (Å²) in [6, 6.07) is 25.6. The molecule has 148 valence electrons. The molecule has 0 unspecified atom stereocenters. The van der Waals surface area contributed by atoms with Crippen molar-refractivity contribution in [1.82, 2.24) is 14.5 Å². The second kappa shape index (κ2) is 6.37. The first kappa shape index (κ1) is 17.6. The average molecular weight is 403 g/mol. The van der Waals surface area contributed by atoms with Crippen LogP contribution in [0.15, 0.2) is 85.1 Å². The lowest BCUT2D eigenvalue weighted by atomic mass is 10.0. The van der Waals surface area contributed by atoms with Gasteiger partial charge >= 0.3 is 0 Å². The van der Waals surface area contributed by atoms with E-state index >= 15 is 0 Å². The van der Waals surface area contributed by atoms with Crippen molar-refractivity contribution in [3.63, 3.8) is 0 Å². The van der Waals surface area contributed by atoms with Gasteiger partial charge in [-0.15, -0.1) is 0 Å². The van der Waals surface area contributed by atoms with Crippen LogP contribution in [0.4, 0.5) is 0 Å². The fourth-order valence-corrected chi connectivity index (χ4v) is 4.57. The summed E-state index contributed by atoms with van der Waals surface area (Å²) in [6.07, 6.45) is 1.78. The van der Waals surface area contributed by atoms with Gasteiger partial charge in [-0.1, -0.05) is 48.5 Å². The standard InChI is InChI=1S/C26H17N3O2/c1-28-25(30)19-11-7-14-22(23(19)26(28)31)29-21-13-3-2-8-16(21)17-9-6-10-18(24(17)29)20-12-4-5-15-27-20/h2-15H,1H3. The van der Waals surface area contributed by atoms with Crippen LogP contribution in [-0.4, -0.2) is 33.3 Å². The van der Waals surface area contributed by atoms with E-state index in [1.807, 2.05) is 60.7 Å². The molecule has 0 fully saturated rings. The molecule has 0 bridgehead atoms. The van der Waals surface area contributed by atoms with E-state index in [2.05, 4.69) is 21.7 Å². The van der Waals surface area contributed by atoms with E-state index in [9.17, 15) is 9.59 Å². The Morgan fingerprint density at radius 3 is 2.29 bits per heavy atom. The molecule has 31 heavy (non-hydrogen) atoms. The molecule has 0 saturated carbocycles. The molecule has 0 radical (unpaired) electrons. The number of imide groups is 1. The van der Waals surface area contributed by atoms with E-state index in [1.54, 1.807) is 12.3 Å². The maximum absolute atomic E-state index is 13.0. The van der Waals surface area contributed by atoms with Crippen LogP contribution >= 0.6 is 0 Å². The number of fused-ring (bicyclic) bond motifs is 4. The smallest absolute Gasteiger partial charge is 0.263 e. The highest BCUT2D eigenvalue weighted by Gasteiger charge is 2.36. The number of benzene rings is 3. The highest BCUT2D eigenvalue weighted by molar-refractivity contribution is 6.23. The highest BCUT2D eigenvalue weighted by atomic mass is 16.2. The Morgan fingerprint density at radius 1 is 0.710 bits per heavy atom. The molecule has 5 aromatic rings. The summed E-state index contributed by atoms with van der Waals surface area (Å²) < 4.78 is 2.10. The molecule has 0 N–H and O–H groups in total. The summed E-state index contributed by atoms with van der Waals surface area (Å²) in [5.74, 6) is -0.551. The Labute approximate surface area is 178 Å². The maximum atomic E-state index is 13.0. The van der Waals surface area contributed by atoms with Gasteiger partial charge in [-0.2, -0.15) is 0 Å². The molecule has 0 aliphatic carbocycles. The fourth-order valence-electron chi connectivity index (χ4n) is 4.57. The number of nitrogens with zero attached hydrogens (tertiary/aromatic N) is 3. The van der Waals surface area contributed by atoms with Gasteiger partial charge in [0, 0.05) is 29.6 Å². The van der Waals surface area contributed by atoms with Crippen molar-refractivity contribution in [2.45, 2.75) is 0 Å². The number of amides is 2. The first-order chi connectivity index (χ1) is 15.2. The van der Waals surface area contributed by atoms with Crippen molar-refractivity contribution in [1.29, 1.82) is 0 Å². The number of rotatable bonds is 2. The molecule has 1 aliphatic rings. The van der Waals surface area contributed by atoms with Crippen LogP contribution in [-0.2, 0) is 0 Å². The van der Waals surface area contributed by atoms with Crippen LogP contribution in [0.2, 0.25) is 0 Å². The number of carbonyl (C=O) groups is 2.